The molecule has 2 aromatic rings. The molecule has 1 N–H and O–H groups in total. The van der Waals surface area contributed by atoms with Crippen molar-refractivity contribution in [1.29, 1.82) is 0 Å². The maximum absolute atomic E-state index is 9.18. The Morgan fingerprint density at radius 2 is 2.28 bits per heavy atom. The topological polar surface area (TPSA) is 36.4 Å². The maximum Gasteiger partial charge on any atom is 0.128 e. The van der Waals surface area contributed by atoms with Crippen LogP contribution in [0.25, 0.3) is 0 Å². The van der Waals surface area contributed by atoms with Gasteiger partial charge in [0.1, 0.15) is 5.82 Å². The molecule has 0 fully saturated rings. The highest BCUT2D eigenvalue weighted by Crippen LogP contribution is 2.24. The van der Waals surface area contributed by atoms with Crippen LogP contribution in [0.15, 0.2) is 27.5 Å². The second-order valence-corrected chi connectivity index (χ2v) is 6.60. The molecule has 18 heavy (non-hydrogen) atoms. The fourth-order valence-corrected chi connectivity index (χ4v) is 2.94. The zero-order chi connectivity index (χ0) is 13.1. The van der Waals surface area contributed by atoms with Crippen LogP contribution in [0.1, 0.15) is 11.1 Å². The highest BCUT2D eigenvalue weighted by atomic mass is 79.9. The zero-order valence-electron chi connectivity index (χ0n) is 9.73. The average molecular weight is 348 g/mol. The summed E-state index contributed by atoms with van der Waals surface area (Å²) in [5, 5.41) is 11.8. The smallest absolute Gasteiger partial charge is 0.128 e. The van der Waals surface area contributed by atoms with E-state index < -0.39 is 0 Å². The Labute approximate surface area is 123 Å². The molecule has 0 radical (unpaired) electrons. The number of hydrogen-bond donors (Lipinski definition) is 1. The molecule has 3 nitrogen and oxygen atoms in total. The van der Waals surface area contributed by atoms with E-state index in [-0.39, 0.29) is 6.61 Å². The summed E-state index contributed by atoms with van der Waals surface area (Å²) in [7, 11) is 1.96. The second kappa shape index (κ2) is 6.02. The quantitative estimate of drug-likeness (QED) is 0.916. The molecule has 2 aromatic heterocycles. The van der Waals surface area contributed by atoms with Gasteiger partial charge < -0.3 is 10.0 Å². The summed E-state index contributed by atoms with van der Waals surface area (Å²) in [6.45, 7) is 0.688. The number of hydrogen-bond acceptors (Lipinski definition) is 4. The summed E-state index contributed by atoms with van der Waals surface area (Å²) in [6.07, 6.45) is 1.57. The summed E-state index contributed by atoms with van der Waals surface area (Å²) in [6, 6.07) is 3.90. The van der Waals surface area contributed by atoms with Crippen LogP contribution in [-0.4, -0.2) is 17.1 Å². The lowest BCUT2D eigenvalue weighted by Gasteiger charge is -2.18. The number of aliphatic hydroxyl groups excluding tert-OH is 1. The van der Waals surface area contributed by atoms with Gasteiger partial charge in [0.15, 0.2) is 0 Å². The molecular weight excluding hydrogens is 336 g/mol. The first kappa shape index (κ1) is 13.8. The summed E-state index contributed by atoms with van der Waals surface area (Å²) < 4.78 is 1.12. The van der Waals surface area contributed by atoms with Gasteiger partial charge in [0.2, 0.25) is 0 Å². The van der Waals surface area contributed by atoms with Crippen LogP contribution < -0.4 is 4.90 Å². The van der Waals surface area contributed by atoms with Crippen molar-refractivity contribution in [2.45, 2.75) is 13.2 Å². The first-order valence-corrected chi connectivity index (χ1v) is 7.34. The fourth-order valence-electron chi connectivity index (χ4n) is 1.58. The number of thiophene rings is 1. The minimum absolute atomic E-state index is 0.0772. The molecule has 0 aliphatic heterocycles. The van der Waals surface area contributed by atoms with E-state index in [2.05, 4.69) is 32.4 Å². The van der Waals surface area contributed by atoms with Crippen molar-refractivity contribution in [3.63, 3.8) is 0 Å². The Balaban J connectivity index is 2.15. The number of nitrogens with zero attached hydrogens (tertiary/aromatic N) is 2. The van der Waals surface area contributed by atoms with Crippen molar-refractivity contribution in [3.05, 3.63) is 43.6 Å². The van der Waals surface area contributed by atoms with Crippen molar-refractivity contribution in [3.8, 4) is 0 Å². The summed E-state index contributed by atoms with van der Waals surface area (Å²) in [5.74, 6) is 0.797. The predicted octanol–water partition coefficient (Wildman–Crippen LogP) is 3.69. The van der Waals surface area contributed by atoms with Crippen LogP contribution >= 0.6 is 38.9 Å². The molecule has 0 saturated carbocycles. The van der Waals surface area contributed by atoms with E-state index in [1.54, 1.807) is 17.5 Å². The number of aromatic nitrogens is 1. The summed E-state index contributed by atoms with van der Waals surface area (Å²) in [5.41, 5.74) is 1.91. The van der Waals surface area contributed by atoms with Gasteiger partial charge in [-0.1, -0.05) is 11.6 Å². The molecule has 0 atom stereocenters. The summed E-state index contributed by atoms with van der Waals surface area (Å²) in [4.78, 5) is 6.28. The Bertz CT molecular complexity index is 547. The molecule has 0 spiro atoms. The van der Waals surface area contributed by atoms with Crippen molar-refractivity contribution in [2.75, 3.05) is 11.9 Å². The van der Waals surface area contributed by atoms with Gasteiger partial charge in [0.25, 0.3) is 0 Å². The van der Waals surface area contributed by atoms with E-state index in [1.165, 1.54) is 5.56 Å². The van der Waals surface area contributed by atoms with E-state index >= 15 is 0 Å². The highest BCUT2D eigenvalue weighted by Gasteiger charge is 2.08. The third-order valence-electron chi connectivity index (χ3n) is 2.52. The Kier molecular flexibility index (Phi) is 4.61. The molecule has 0 amide bonds. The number of aliphatic hydroxyl groups is 1. The number of anilines is 1. The van der Waals surface area contributed by atoms with Gasteiger partial charge in [-0.15, -0.1) is 11.3 Å². The first-order chi connectivity index (χ1) is 8.60. The normalized spacial score (nSPS) is 10.7. The SMILES string of the molecule is CN(Cc1csc(Br)c1)c1cc(CO)c(Cl)cn1. The number of pyridine rings is 1. The predicted molar refractivity (Wildman–Crippen MR) is 79.3 cm³/mol. The monoisotopic (exact) mass is 346 g/mol. The first-order valence-electron chi connectivity index (χ1n) is 5.29. The molecular formula is C12H12BrClN2OS. The van der Waals surface area contributed by atoms with Gasteiger partial charge in [0, 0.05) is 25.4 Å². The molecule has 0 aromatic carbocycles. The molecule has 0 bridgehead atoms. The molecule has 0 aliphatic carbocycles. The molecule has 96 valence electrons. The van der Waals surface area contributed by atoms with Gasteiger partial charge in [0.05, 0.1) is 15.4 Å². The van der Waals surface area contributed by atoms with Crippen molar-refractivity contribution >= 4 is 44.7 Å². The lowest BCUT2D eigenvalue weighted by Crippen LogP contribution is -2.17. The van der Waals surface area contributed by atoms with E-state index in [9.17, 15) is 5.11 Å². The van der Waals surface area contributed by atoms with Gasteiger partial charge in [-0.3, -0.25) is 0 Å². The van der Waals surface area contributed by atoms with Crippen LogP contribution in [0.5, 0.6) is 0 Å². The maximum atomic E-state index is 9.18. The van der Waals surface area contributed by atoms with Gasteiger partial charge in [-0.25, -0.2) is 4.98 Å². The molecule has 0 unspecified atom stereocenters. The zero-order valence-corrected chi connectivity index (χ0v) is 12.9. The largest absolute Gasteiger partial charge is 0.392 e. The van der Waals surface area contributed by atoms with Gasteiger partial charge >= 0.3 is 0 Å². The fraction of sp³-hybridized carbons (Fsp3) is 0.250. The number of halogens is 2. The molecule has 0 saturated heterocycles. The van der Waals surface area contributed by atoms with Gasteiger partial charge in [-0.2, -0.15) is 0 Å². The van der Waals surface area contributed by atoms with Crippen LogP contribution in [0.2, 0.25) is 5.02 Å². The molecule has 2 rings (SSSR count). The Hall–Kier alpha value is -0.620. The molecule has 0 aliphatic rings. The third-order valence-corrected chi connectivity index (χ3v) is 4.42. The second-order valence-electron chi connectivity index (χ2n) is 3.91. The van der Waals surface area contributed by atoms with Crippen LogP contribution in [0.3, 0.4) is 0 Å². The minimum atomic E-state index is -0.0772. The van der Waals surface area contributed by atoms with E-state index in [0.717, 1.165) is 16.1 Å². The molecule has 6 heteroatoms. The standard InChI is InChI=1S/C12H12BrClN2OS/c1-16(5-8-2-11(13)18-7-8)12-3-9(6-17)10(14)4-15-12/h2-4,7,17H,5-6H2,1H3. The van der Waals surface area contributed by atoms with Crippen molar-refractivity contribution < 1.29 is 5.11 Å². The number of rotatable bonds is 4. The highest BCUT2D eigenvalue weighted by molar-refractivity contribution is 9.11. The van der Waals surface area contributed by atoms with Gasteiger partial charge in [-0.05, 0) is 39.0 Å². The lowest BCUT2D eigenvalue weighted by molar-refractivity contribution is 0.282. The van der Waals surface area contributed by atoms with Crippen LogP contribution in [0.4, 0.5) is 5.82 Å². The Morgan fingerprint density at radius 3 is 2.89 bits per heavy atom. The van der Waals surface area contributed by atoms with E-state index in [4.69, 9.17) is 11.6 Å². The third kappa shape index (κ3) is 3.23. The van der Waals surface area contributed by atoms with Crippen molar-refractivity contribution in [2.24, 2.45) is 0 Å². The van der Waals surface area contributed by atoms with Crippen LogP contribution in [-0.2, 0) is 13.2 Å². The lowest BCUT2D eigenvalue weighted by atomic mass is 10.2. The molecule has 2 heterocycles. The van der Waals surface area contributed by atoms with Crippen LogP contribution in [0, 0.1) is 0 Å². The van der Waals surface area contributed by atoms with Crippen molar-refractivity contribution in [1.82, 2.24) is 4.98 Å². The Morgan fingerprint density at radius 1 is 1.50 bits per heavy atom. The van der Waals surface area contributed by atoms with E-state index in [0.29, 0.717) is 10.6 Å². The van der Waals surface area contributed by atoms with E-state index in [1.807, 2.05) is 18.0 Å². The minimum Gasteiger partial charge on any atom is -0.392 e. The average Bonchev–Trinajstić information content (AvgIpc) is 2.75. The summed E-state index contributed by atoms with van der Waals surface area (Å²) >= 11 is 11.0.